The highest BCUT2D eigenvalue weighted by Gasteiger charge is 2.17. The zero-order chi connectivity index (χ0) is 17.3. The van der Waals surface area contributed by atoms with Gasteiger partial charge in [0, 0.05) is 35.8 Å². The topological polar surface area (TPSA) is 126 Å². The van der Waals surface area contributed by atoms with Crippen molar-refractivity contribution in [3.63, 3.8) is 0 Å². The highest BCUT2D eigenvalue weighted by atomic mass is 16.3. The molecule has 3 aromatic rings. The second-order valence-corrected chi connectivity index (χ2v) is 5.41. The lowest BCUT2D eigenvalue weighted by molar-refractivity contribution is 0.0948. The molecule has 1 heterocycles. The third-order valence-electron chi connectivity index (χ3n) is 3.74. The minimum atomic E-state index is -0.646. The number of amides is 1. The molecule has 0 aliphatic heterocycles. The molecule has 6 N–H and O–H groups in total. The summed E-state index contributed by atoms with van der Waals surface area (Å²) in [6.07, 6.45) is 2.29. The van der Waals surface area contributed by atoms with Gasteiger partial charge in [0.05, 0.1) is 0 Å². The van der Waals surface area contributed by atoms with E-state index in [2.05, 4.69) is 10.3 Å². The Bertz CT molecular complexity index is 893. The second kappa shape index (κ2) is 6.04. The van der Waals surface area contributed by atoms with Gasteiger partial charge in [-0.25, -0.2) is 0 Å². The number of benzene rings is 2. The van der Waals surface area contributed by atoms with Crippen LogP contribution in [0, 0.1) is 0 Å². The Balaban J connectivity index is 1.70. The van der Waals surface area contributed by atoms with Crippen molar-refractivity contribution in [2.75, 3.05) is 6.54 Å². The third kappa shape index (κ3) is 2.91. The molecule has 0 saturated heterocycles. The van der Waals surface area contributed by atoms with Crippen LogP contribution in [0.4, 0.5) is 0 Å². The second-order valence-electron chi connectivity index (χ2n) is 5.41. The van der Waals surface area contributed by atoms with Crippen LogP contribution >= 0.6 is 0 Å². The van der Waals surface area contributed by atoms with Gasteiger partial charge in [-0.2, -0.15) is 0 Å². The van der Waals surface area contributed by atoms with Crippen molar-refractivity contribution in [1.29, 1.82) is 0 Å². The number of aromatic hydroxyl groups is 4. The van der Waals surface area contributed by atoms with E-state index in [1.807, 2.05) is 0 Å². The Morgan fingerprint density at radius 1 is 1.00 bits per heavy atom. The average Bonchev–Trinajstić information content (AvgIpc) is 2.88. The van der Waals surface area contributed by atoms with Crippen LogP contribution in [0.3, 0.4) is 0 Å². The van der Waals surface area contributed by atoms with E-state index in [1.54, 1.807) is 24.4 Å². The molecule has 0 unspecified atom stereocenters. The number of carbonyl (C=O) groups excluding carboxylic acids is 1. The Kier molecular flexibility index (Phi) is 3.91. The molecule has 0 spiro atoms. The number of carbonyl (C=O) groups is 1. The molecule has 0 fully saturated rings. The van der Waals surface area contributed by atoms with Crippen molar-refractivity contribution in [1.82, 2.24) is 10.3 Å². The fraction of sp³-hybridized carbons (Fsp3) is 0.118. The molecule has 0 radical (unpaired) electrons. The standard InChI is InChI=1S/C17H16N2O5/c20-10-1-2-13-12(5-10)9(8-19-13)3-4-18-17(24)16-14(22)6-11(21)7-15(16)23/h1-2,5-8,19-23H,3-4H2,(H,18,24). The van der Waals surface area contributed by atoms with Gasteiger partial charge in [0.25, 0.3) is 5.91 Å². The smallest absolute Gasteiger partial charge is 0.258 e. The minimum Gasteiger partial charge on any atom is -0.508 e. The van der Waals surface area contributed by atoms with Gasteiger partial charge in [0.15, 0.2) is 0 Å². The van der Waals surface area contributed by atoms with Crippen molar-refractivity contribution in [2.24, 2.45) is 0 Å². The molecule has 24 heavy (non-hydrogen) atoms. The van der Waals surface area contributed by atoms with E-state index in [0.29, 0.717) is 6.42 Å². The van der Waals surface area contributed by atoms with Crippen molar-refractivity contribution < 1.29 is 25.2 Å². The zero-order valence-corrected chi connectivity index (χ0v) is 12.6. The largest absolute Gasteiger partial charge is 0.508 e. The van der Waals surface area contributed by atoms with E-state index < -0.39 is 17.4 Å². The van der Waals surface area contributed by atoms with Crippen LogP contribution in [-0.2, 0) is 6.42 Å². The molecule has 0 bridgehead atoms. The van der Waals surface area contributed by atoms with Gasteiger partial charge in [-0.15, -0.1) is 0 Å². The summed E-state index contributed by atoms with van der Waals surface area (Å²) in [6, 6.07) is 6.95. The summed E-state index contributed by atoms with van der Waals surface area (Å²) in [6.45, 7) is 0.265. The van der Waals surface area contributed by atoms with Crippen molar-refractivity contribution in [3.8, 4) is 23.0 Å². The number of fused-ring (bicyclic) bond motifs is 1. The minimum absolute atomic E-state index is 0.159. The van der Waals surface area contributed by atoms with Crippen LogP contribution in [0.5, 0.6) is 23.0 Å². The number of hydrogen-bond donors (Lipinski definition) is 6. The first kappa shape index (κ1) is 15.5. The Morgan fingerprint density at radius 3 is 2.42 bits per heavy atom. The average molecular weight is 328 g/mol. The number of aromatic nitrogens is 1. The van der Waals surface area contributed by atoms with E-state index in [4.69, 9.17) is 0 Å². The Morgan fingerprint density at radius 2 is 1.71 bits per heavy atom. The summed E-state index contributed by atoms with van der Waals surface area (Å²) < 4.78 is 0. The molecule has 0 saturated carbocycles. The Hall–Kier alpha value is -3.35. The quantitative estimate of drug-likeness (QED) is 0.437. The number of nitrogens with one attached hydrogen (secondary N) is 2. The van der Waals surface area contributed by atoms with Crippen molar-refractivity contribution in [3.05, 3.63) is 47.7 Å². The van der Waals surface area contributed by atoms with Gasteiger partial charge in [-0.05, 0) is 30.2 Å². The fourth-order valence-corrected chi connectivity index (χ4v) is 2.60. The predicted molar refractivity (Wildman–Crippen MR) is 87.4 cm³/mol. The summed E-state index contributed by atoms with van der Waals surface area (Å²) in [7, 11) is 0. The molecule has 7 nitrogen and oxygen atoms in total. The number of aromatic amines is 1. The highest BCUT2D eigenvalue weighted by molar-refractivity contribution is 5.99. The molecule has 0 atom stereocenters. The van der Waals surface area contributed by atoms with E-state index in [1.165, 1.54) is 0 Å². The van der Waals surface area contributed by atoms with Crippen LogP contribution in [0.25, 0.3) is 10.9 Å². The zero-order valence-electron chi connectivity index (χ0n) is 12.6. The van der Waals surface area contributed by atoms with Crippen LogP contribution in [0.15, 0.2) is 36.5 Å². The molecule has 1 aromatic heterocycles. The summed E-state index contributed by atoms with van der Waals surface area (Å²) in [5, 5.41) is 41.6. The highest BCUT2D eigenvalue weighted by Crippen LogP contribution is 2.31. The lowest BCUT2D eigenvalue weighted by atomic mass is 10.1. The maximum Gasteiger partial charge on any atom is 0.258 e. The van der Waals surface area contributed by atoms with E-state index in [0.717, 1.165) is 28.6 Å². The van der Waals surface area contributed by atoms with E-state index >= 15 is 0 Å². The van der Waals surface area contributed by atoms with Crippen LogP contribution in [0.2, 0.25) is 0 Å². The molecule has 1 amide bonds. The lowest BCUT2D eigenvalue weighted by Gasteiger charge is -2.09. The normalized spacial score (nSPS) is 10.8. The van der Waals surface area contributed by atoms with Gasteiger partial charge >= 0.3 is 0 Å². The molecule has 2 aromatic carbocycles. The van der Waals surface area contributed by atoms with Gasteiger partial charge in [-0.3, -0.25) is 4.79 Å². The first-order valence-electron chi connectivity index (χ1n) is 7.28. The molecular formula is C17H16N2O5. The molecule has 124 valence electrons. The first-order valence-corrected chi connectivity index (χ1v) is 7.28. The number of H-pyrrole nitrogens is 1. The summed E-state index contributed by atoms with van der Waals surface area (Å²) in [5.41, 5.74) is 1.51. The first-order chi connectivity index (χ1) is 11.5. The van der Waals surface area contributed by atoms with Gasteiger partial charge in [0.1, 0.15) is 28.6 Å². The SMILES string of the molecule is O=C(NCCc1c[nH]c2ccc(O)cc12)c1c(O)cc(O)cc1O. The van der Waals surface area contributed by atoms with Crippen LogP contribution in [0.1, 0.15) is 15.9 Å². The van der Waals surface area contributed by atoms with Crippen molar-refractivity contribution >= 4 is 16.8 Å². The number of phenols is 4. The van der Waals surface area contributed by atoms with Gasteiger partial charge in [0.2, 0.25) is 0 Å². The fourth-order valence-electron chi connectivity index (χ4n) is 2.60. The van der Waals surface area contributed by atoms with Crippen molar-refractivity contribution in [2.45, 2.75) is 6.42 Å². The Labute approximate surface area is 136 Å². The molecule has 0 aliphatic rings. The van der Waals surface area contributed by atoms with E-state index in [-0.39, 0.29) is 23.6 Å². The lowest BCUT2D eigenvalue weighted by Crippen LogP contribution is -2.25. The summed E-state index contributed by atoms with van der Waals surface area (Å²) in [4.78, 5) is 15.2. The van der Waals surface area contributed by atoms with E-state index in [9.17, 15) is 25.2 Å². The van der Waals surface area contributed by atoms with Crippen LogP contribution < -0.4 is 5.32 Å². The molecule has 7 heteroatoms. The van der Waals surface area contributed by atoms with Gasteiger partial charge in [-0.1, -0.05) is 0 Å². The predicted octanol–water partition coefficient (Wildman–Crippen LogP) is 1.96. The monoisotopic (exact) mass is 328 g/mol. The maximum atomic E-state index is 12.1. The number of phenolic OH excluding ortho intramolecular Hbond substituents is 4. The number of hydrogen-bond acceptors (Lipinski definition) is 5. The molecular weight excluding hydrogens is 312 g/mol. The van der Waals surface area contributed by atoms with Gasteiger partial charge < -0.3 is 30.7 Å². The maximum absolute atomic E-state index is 12.1. The summed E-state index contributed by atoms with van der Waals surface area (Å²) >= 11 is 0. The third-order valence-corrected chi connectivity index (χ3v) is 3.74. The van der Waals surface area contributed by atoms with Crippen LogP contribution in [-0.4, -0.2) is 37.9 Å². The summed E-state index contributed by atoms with van der Waals surface area (Å²) in [5.74, 6) is -1.82. The number of rotatable bonds is 4. The molecule has 3 rings (SSSR count). The molecule has 0 aliphatic carbocycles.